The van der Waals surface area contributed by atoms with Gasteiger partial charge in [0.15, 0.2) is 0 Å². The van der Waals surface area contributed by atoms with Crippen molar-refractivity contribution < 1.29 is 9.59 Å². The molecule has 0 spiro atoms. The Morgan fingerprint density at radius 1 is 0.824 bits per heavy atom. The van der Waals surface area contributed by atoms with Gasteiger partial charge >= 0.3 is 0 Å². The molecule has 0 atom stereocenters. The van der Waals surface area contributed by atoms with Gasteiger partial charge in [-0.15, -0.1) is 11.3 Å². The lowest BCUT2D eigenvalue weighted by Gasteiger charge is -2.08. The van der Waals surface area contributed by atoms with Crippen molar-refractivity contribution in [1.82, 2.24) is 14.8 Å². The van der Waals surface area contributed by atoms with E-state index < -0.39 is 0 Å². The molecule has 0 saturated heterocycles. The average Bonchev–Trinajstić information content (AvgIpc) is 3.56. The highest BCUT2D eigenvalue weighted by molar-refractivity contribution is 7.13. The summed E-state index contributed by atoms with van der Waals surface area (Å²) in [6.07, 6.45) is 3.32. The number of hydrogen-bond acceptors (Lipinski definition) is 5. The molecule has 0 saturated carbocycles. The Bertz CT molecular complexity index is 1430. The van der Waals surface area contributed by atoms with Gasteiger partial charge in [-0.05, 0) is 53.9 Å². The molecular formula is C26H19N5O2S. The number of rotatable bonds is 6. The van der Waals surface area contributed by atoms with Crippen LogP contribution in [0.4, 0.5) is 11.5 Å². The van der Waals surface area contributed by atoms with Crippen molar-refractivity contribution >= 4 is 34.7 Å². The normalized spacial score (nSPS) is 10.6. The summed E-state index contributed by atoms with van der Waals surface area (Å²) < 4.78 is 1.70. The number of benzene rings is 2. The van der Waals surface area contributed by atoms with Gasteiger partial charge in [0, 0.05) is 23.6 Å². The minimum Gasteiger partial charge on any atom is -0.322 e. The van der Waals surface area contributed by atoms with Crippen LogP contribution in [0.2, 0.25) is 0 Å². The molecule has 166 valence electrons. The number of nitrogens with one attached hydrogen (secondary N) is 2. The molecule has 0 bridgehead atoms. The summed E-state index contributed by atoms with van der Waals surface area (Å²) in [5.41, 5.74) is 2.80. The molecule has 0 aliphatic rings. The quantitative estimate of drug-likeness (QED) is 0.347. The highest BCUT2D eigenvalue weighted by Gasteiger charge is 2.20. The monoisotopic (exact) mass is 465 g/mol. The number of hydrogen-bond donors (Lipinski definition) is 2. The molecular weight excluding hydrogens is 446 g/mol. The summed E-state index contributed by atoms with van der Waals surface area (Å²) in [7, 11) is 0. The molecule has 0 fully saturated rings. The van der Waals surface area contributed by atoms with Crippen molar-refractivity contribution in [2.24, 2.45) is 0 Å². The highest BCUT2D eigenvalue weighted by atomic mass is 32.1. The van der Waals surface area contributed by atoms with Crippen molar-refractivity contribution in [2.75, 3.05) is 10.6 Å². The first-order chi connectivity index (χ1) is 16.7. The molecule has 8 heteroatoms. The van der Waals surface area contributed by atoms with Crippen LogP contribution in [0.15, 0.2) is 103 Å². The number of para-hydroxylation sites is 1. The summed E-state index contributed by atoms with van der Waals surface area (Å²) in [6.45, 7) is 0. The van der Waals surface area contributed by atoms with Crippen LogP contribution in [0.1, 0.15) is 20.7 Å². The smallest absolute Gasteiger partial charge is 0.259 e. The van der Waals surface area contributed by atoms with E-state index >= 15 is 0 Å². The minimum atomic E-state index is -0.314. The van der Waals surface area contributed by atoms with Crippen LogP contribution >= 0.6 is 11.3 Å². The standard InChI is InChI=1S/C26H19N5O2S/c32-25(29-23-13-4-5-14-27-23)18-8-6-9-19(16-18)28-26(33)21-17-31(20-10-2-1-3-11-20)30-24(21)22-12-7-15-34-22/h1-17H,(H,28,33)(H,27,29,32). The van der Waals surface area contributed by atoms with E-state index in [1.54, 1.807) is 59.5 Å². The van der Waals surface area contributed by atoms with Gasteiger partial charge in [0.05, 0.1) is 16.1 Å². The maximum atomic E-state index is 13.3. The predicted molar refractivity (Wildman–Crippen MR) is 133 cm³/mol. The first-order valence-corrected chi connectivity index (χ1v) is 11.4. The van der Waals surface area contributed by atoms with Gasteiger partial charge in [-0.3, -0.25) is 9.59 Å². The second kappa shape index (κ2) is 9.51. The van der Waals surface area contributed by atoms with Crippen LogP contribution in [-0.4, -0.2) is 26.6 Å². The molecule has 2 N–H and O–H groups in total. The van der Waals surface area contributed by atoms with Crippen LogP contribution in [0.3, 0.4) is 0 Å². The van der Waals surface area contributed by atoms with Gasteiger partial charge in [0.25, 0.3) is 11.8 Å². The van der Waals surface area contributed by atoms with E-state index in [0.717, 1.165) is 10.6 Å². The topological polar surface area (TPSA) is 88.9 Å². The van der Waals surface area contributed by atoms with Gasteiger partial charge in [-0.1, -0.05) is 36.4 Å². The fraction of sp³-hybridized carbons (Fsp3) is 0. The van der Waals surface area contributed by atoms with Crippen molar-refractivity contribution in [3.05, 3.63) is 114 Å². The molecule has 3 heterocycles. The Morgan fingerprint density at radius 3 is 2.44 bits per heavy atom. The third-order valence-corrected chi connectivity index (χ3v) is 5.90. The zero-order chi connectivity index (χ0) is 23.3. The molecule has 0 aliphatic heterocycles. The zero-order valence-corrected chi connectivity index (χ0v) is 18.7. The van der Waals surface area contributed by atoms with Crippen molar-refractivity contribution in [3.8, 4) is 16.3 Å². The van der Waals surface area contributed by atoms with Crippen molar-refractivity contribution in [2.45, 2.75) is 0 Å². The Kier molecular flexibility index (Phi) is 5.96. The SMILES string of the molecule is O=C(Nc1ccccn1)c1cccc(NC(=O)c2cn(-c3ccccc3)nc2-c2cccs2)c1. The van der Waals surface area contributed by atoms with Crippen LogP contribution in [0.25, 0.3) is 16.3 Å². The molecule has 7 nitrogen and oxygen atoms in total. The maximum Gasteiger partial charge on any atom is 0.259 e. The fourth-order valence-electron chi connectivity index (χ4n) is 3.41. The van der Waals surface area contributed by atoms with E-state index in [-0.39, 0.29) is 11.8 Å². The Hall–Kier alpha value is -4.56. The Balaban J connectivity index is 1.41. The summed E-state index contributed by atoms with van der Waals surface area (Å²) in [5.74, 6) is -0.172. The summed E-state index contributed by atoms with van der Waals surface area (Å²) >= 11 is 1.51. The largest absolute Gasteiger partial charge is 0.322 e. The zero-order valence-electron chi connectivity index (χ0n) is 17.9. The third-order valence-electron chi connectivity index (χ3n) is 5.02. The molecule has 34 heavy (non-hydrogen) atoms. The molecule has 0 radical (unpaired) electrons. The molecule has 5 aromatic rings. The number of anilines is 2. The van der Waals surface area contributed by atoms with Crippen LogP contribution < -0.4 is 10.6 Å². The van der Waals surface area contributed by atoms with Gasteiger partial charge in [0.1, 0.15) is 11.5 Å². The lowest BCUT2D eigenvalue weighted by molar-refractivity contribution is 0.101. The highest BCUT2D eigenvalue weighted by Crippen LogP contribution is 2.28. The minimum absolute atomic E-state index is 0.312. The van der Waals surface area contributed by atoms with E-state index in [0.29, 0.717) is 28.3 Å². The number of carbonyl (C=O) groups excluding carboxylic acids is 2. The lowest BCUT2D eigenvalue weighted by atomic mass is 10.1. The first kappa shape index (κ1) is 21.3. The fourth-order valence-corrected chi connectivity index (χ4v) is 4.13. The van der Waals surface area contributed by atoms with Gasteiger partial charge in [-0.2, -0.15) is 5.10 Å². The number of carbonyl (C=O) groups is 2. The maximum absolute atomic E-state index is 13.3. The second-order valence-corrected chi connectivity index (χ2v) is 8.30. The summed E-state index contributed by atoms with van der Waals surface area (Å²) in [6, 6.07) is 25.5. The van der Waals surface area contributed by atoms with Crippen LogP contribution in [-0.2, 0) is 0 Å². The number of nitrogens with zero attached hydrogens (tertiary/aromatic N) is 3. The van der Waals surface area contributed by atoms with E-state index in [1.165, 1.54) is 11.3 Å². The number of aromatic nitrogens is 3. The average molecular weight is 466 g/mol. The Morgan fingerprint density at radius 2 is 1.68 bits per heavy atom. The van der Waals surface area contributed by atoms with Gasteiger partial charge < -0.3 is 10.6 Å². The van der Waals surface area contributed by atoms with Crippen molar-refractivity contribution in [3.63, 3.8) is 0 Å². The number of amides is 2. The number of pyridine rings is 1. The number of thiophene rings is 1. The molecule has 2 amide bonds. The molecule has 2 aromatic carbocycles. The van der Waals surface area contributed by atoms with Crippen molar-refractivity contribution in [1.29, 1.82) is 0 Å². The van der Waals surface area contributed by atoms with E-state index in [9.17, 15) is 9.59 Å². The van der Waals surface area contributed by atoms with E-state index in [1.807, 2.05) is 47.8 Å². The molecule has 0 aliphatic carbocycles. The van der Waals surface area contributed by atoms with Gasteiger partial charge in [0.2, 0.25) is 0 Å². The summed E-state index contributed by atoms with van der Waals surface area (Å²) in [4.78, 5) is 30.9. The van der Waals surface area contributed by atoms with E-state index in [4.69, 9.17) is 0 Å². The first-order valence-electron chi connectivity index (χ1n) is 10.5. The Labute approximate surface area is 199 Å². The summed E-state index contributed by atoms with van der Waals surface area (Å²) in [5, 5.41) is 12.3. The molecule has 5 rings (SSSR count). The lowest BCUT2D eigenvalue weighted by Crippen LogP contribution is -2.15. The molecule has 0 unspecified atom stereocenters. The van der Waals surface area contributed by atoms with Crippen LogP contribution in [0.5, 0.6) is 0 Å². The van der Waals surface area contributed by atoms with E-state index in [2.05, 4.69) is 20.7 Å². The third kappa shape index (κ3) is 4.62. The van der Waals surface area contributed by atoms with Crippen LogP contribution in [0, 0.1) is 0 Å². The van der Waals surface area contributed by atoms with Gasteiger partial charge in [-0.25, -0.2) is 9.67 Å². The second-order valence-electron chi connectivity index (χ2n) is 7.35. The molecule has 3 aromatic heterocycles. The predicted octanol–water partition coefficient (Wildman–Crippen LogP) is 5.50.